The molecule has 0 heterocycles. The van der Waals surface area contributed by atoms with Crippen LogP contribution in [0.4, 0.5) is 17.6 Å². The second-order valence-corrected chi connectivity index (χ2v) is 5.42. The van der Waals surface area contributed by atoms with Gasteiger partial charge in [0.25, 0.3) is 0 Å². The Morgan fingerprint density at radius 3 is 2.22 bits per heavy atom. The van der Waals surface area contributed by atoms with Gasteiger partial charge in [-0.25, -0.2) is 4.39 Å². The largest absolute Gasteiger partial charge is 0.484 e. The van der Waals surface area contributed by atoms with Gasteiger partial charge in [0.15, 0.2) is 12.6 Å². The number of halogens is 5. The van der Waals surface area contributed by atoms with E-state index in [0.29, 0.717) is 18.1 Å². The van der Waals surface area contributed by atoms with Crippen molar-refractivity contribution < 1.29 is 22.3 Å². The highest BCUT2D eigenvalue weighted by Crippen LogP contribution is 2.18. The van der Waals surface area contributed by atoms with Crippen molar-refractivity contribution in [1.29, 1.82) is 0 Å². The summed E-state index contributed by atoms with van der Waals surface area (Å²) in [6.45, 7) is -0.649. The number of alkyl halides is 3. The van der Waals surface area contributed by atoms with Gasteiger partial charge in [0, 0.05) is 25.7 Å². The minimum absolute atomic E-state index is 0. The van der Waals surface area contributed by atoms with Crippen molar-refractivity contribution in [2.45, 2.75) is 19.3 Å². The molecule has 0 fully saturated rings. The van der Waals surface area contributed by atoms with E-state index in [1.165, 1.54) is 18.2 Å². The van der Waals surface area contributed by atoms with Crippen LogP contribution < -0.4 is 15.4 Å². The minimum atomic E-state index is -4.36. The quantitative estimate of drug-likeness (QED) is 0.272. The Morgan fingerprint density at radius 2 is 1.63 bits per heavy atom. The fourth-order valence-electron chi connectivity index (χ4n) is 2.10. The van der Waals surface area contributed by atoms with Crippen LogP contribution in [0, 0.1) is 5.82 Å². The van der Waals surface area contributed by atoms with Crippen LogP contribution in [0.25, 0.3) is 0 Å². The number of benzene rings is 2. The first kappa shape index (κ1) is 23.0. The summed E-state index contributed by atoms with van der Waals surface area (Å²) in [4.78, 5) is 4.04. The lowest BCUT2D eigenvalue weighted by molar-refractivity contribution is -0.153. The van der Waals surface area contributed by atoms with Crippen LogP contribution in [0.5, 0.6) is 5.75 Å². The lowest BCUT2D eigenvalue weighted by Gasteiger charge is -2.13. The van der Waals surface area contributed by atoms with Crippen LogP contribution in [0.2, 0.25) is 0 Å². The molecule has 148 valence electrons. The van der Waals surface area contributed by atoms with Crippen molar-refractivity contribution in [1.82, 2.24) is 10.6 Å². The lowest BCUT2D eigenvalue weighted by atomic mass is 10.2. The molecule has 2 N–H and O–H groups in total. The molecule has 0 saturated carbocycles. The van der Waals surface area contributed by atoms with E-state index in [4.69, 9.17) is 0 Å². The Kier molecular flexibility index (Phi) is 9.33. The molecule has 0 aliphatic heterocycles. The molecule has 0 aromatic heterocycles. The highest BCUT2D eigenvalue weighted by Gasteiger charge is 2.28. The number of aliphatic imine (C=N–C) groups is 1. The Morgan fingerprint density at radius 1 is 1.00 bits per heavy atom. The van der Waals surface area contributed by atoms with Crippen molar-refractivity contribution >= 4 is 29.9 Å². The Labute approximate surface area is 172 Å². The predicted octanol–water partition coefficient (Wildman–Crippen LogP) is 4.25. The molecule has 0 saturated heterocycles. The molecule has 0 radical (unpaired) electrons. The zero-order chi connectivity index (χ0) is 19.0. The fraction of sp³-hybridized carbons (Fsp3) is 0.278. The number of guanidine groups is 1. The van der Waals surface area contributed by atoms with Gasteiger partial charge in [-0.1, -0.05) is 30.3 Å². The smallest absolute Gasteiger partial charge is 0.422 e. The van der Waals surface area contributed by atoms with E-state index in [1.807, 2.05) is 0 Å². The van der Waals surface area contributed by atoms with Crippen LogP contribution in [0.3, 0.4) is 0 Å². The number of hydrogen-bond donors (Lipinski definition) is 2. The number of nitrogens with zero attached hydrogens (tertiary/aromatic N) is 1. The molecule has 0 aliphatic carbocycles. The van der Waals surface area contributed by atoms with Gasteiger partial charge < -0.3 is 15.4 Å². The van der Waals surface area contributed by atoms with Crippen LogP contribution >= 0.6 is 24.0 Å². The van der Waals surface area contributed by atoms with Crippen LogP contribution in [-0.2, 0) is 13.1 Å². The van der Waals surface area contributed by atoms with E-state index in [2.05, 4.69) is 20.4 Å². The SMILES string of the molecule is CN=C(NCc1ccc(OCC(F)(F)F)cc1)NCc1ccccc1F.I. The summed E-state index contributed by atoms with van der Waals surface area (Å²) in [6.07, 6.45) is -4.36. The first-order valence-electron chi connectivity index (χ1n) is 7.84. The molecule has 9 heteroatoms. The summed E-state index contributed by atoms with van der Waals surface area (Å²) < 4.78 is 54.6. The van der Waals surface area contributed by atoms with E-state index >= 15 is 0 Å². The average molecular weight is 497 g/mol. The number of hydrogen-bond acceptors (Lipinski definition) is 2. The van der Waals surface area contributed by atoms with Gasteiger partial charge >= 0.3 is 6.18 Å². The topological polar surface area (TPSA) is 45.7 Å². The number of ether oxygens (including phenoxy) is 1. The van der Waals surface area contributed by atoms with Crippen molar-refractivity contribution in [3.8, 4) is 5.75 Å². The monoisotopic (exact) mass is 497 g/mol. The fourth-order valence-corrected chi connectivity index (χ4v) is 2.10. The molecular formula is C18H20F4IN3O. The summed E-state index contributed by atoms with van der Waals surface area (Å²) in [5.74, 6) is 0.323. The summed E-state index contributed by atoms with van der Waals surface area (Å²) in [6, 6.07) is 12.7. The van der Waals surface area contributed by atoms with Gasteiger partial charge in [-0.05, 0) is 23.8 Å². The molecular weight excluding hydrogens is 477 g/mol. The summed E-state index contributed by atoms with van der Waals surface area (Å²) in [5, 5.41) is 6.04. The summed E-state index contributed by atoms with van der Waals surface area (Å²) in [5.41, 5.74) is 1.35. The van der Waals surface area contributed by atoms with Gasteiger partial charge in [0.1, 0.15) is 11.6 Å². The van der Waals surface area contributed by atoms with Gasteiger partial charge in [0.2, 0.25) is 0 Å². The molecule has 0 amide bonds. The lowest BCUT2D eigenvalue weighted by Crippen LogP contribution is -2.36. The maximum atomic E-state index is 13.6. The third-order valence-corrected chi connectivity index (χ3v) is 3.41. The zero-order valence-corrected chi connectivity index (χ0v) is 16.8. The summed E-state index contributed by atoms with van der Waals surface area (Å²) >= 11 is 0. The Hall–Kier alpha value is -2.04. The third-order valence-electron chi connectivity index (χ3n) is 3.41. The van der Waals surface area contributed by atoms with E-state index in [9.17, 15) is 17.6 Å². The molecule has 0 unspecified atom stereocenters. The molecule has 2 rings (SSSR count). The van der Waals surface area contributed by atoms with Crippen LogP contribution in [-0.4, -0.2) is 25.8 Å². The first-order chi connectivity index (χ1) is 12.4. The molecule has 0 atom stereocenters. The summed E-state index contributed by atoms with van der Waals surface area (Å²) in [7, 11) is 1.59. The van der Waals surface area contributed by atoms with Gasteiger partial charge in [-0.3, -0.25) is 4.99 Å². The second-order valence-electron chi connectivity index (χ2n) is 5.42. The van der Waals surface area contributed by atoms with Crippen LogP contribution in [0.1, 0.15) is 11.1 Å². The van der Waals surface area contributed by atoms with Crippen molar-refractivity contribution in [2.75, 3.05) is 13.7 Å². The standard InChI is InChI=1S/C18H19F4N3O.HI/c1-23-17(25-11-14-4-2-3-5-16(14)19)24-10-13-6-8-15(9-7-13)26-12-18(20,21)22;/h2-9H,10-12H2,1H3,(H2,23,24,25);1H. The minimum Gasteiger partial charge on any atom is -0.484 e. The molecule has 4 nitrogen and oxygen atoms in total. The Bertz CT molecular complexity index is 736. The first-order valence-corrected chi connectivity index (χ1v) is 7.84. The maximum absolute atomic E-state index is 13.6. The number of rotatable bonds is 6. The highest BCUT2D eigenvalue weighted by molar-refractivity contribution is 14.0. The van der Waals surface area contributed by atoms with Crippen molar-refractivity contribution in [3.05, 3.63) is 65.5 Å². The molecule has 2 aromatic carbocycles. The van der Waals surface area contributed by atoms with Crippen molar-refractivity contribution in [2.24, 2.45) is 4.99 Å². The van der Waals surface area contributed by atoms with Gasteiger partial charge in [0.05, 0.1) is 0 Å². The maximum Gasteiger partial charge on any atom is 0.422 e. The van der Waals surface area contributed by atoms with Gasteiger partial charge in [-0.15, -0.1) is 24.0 Å². The van der Waals surface area contributed by atoms with Gasteiger partial charge in [-0.2, -0.15) is 13.2 Å². The zero-order valence-electron chi connectivity index (χ0n) is 14.5. The van der Waals surface area contributed by atoms with Crippen LogP contribution in [0.15, 0.2) is 53.5 Å². The Balaban J connectivity index is 0.00000364. The molecule has 0 aliphatic rings. The van der Waals surface area contributed by atoms with E-state index in [1.54, 1.807) is 37.4 Å². The highest BCUT2D eigenvalue weighted by atomic mass is 127. The molecule has 2 aromatic rings. The van der Waals surface area contributed by atoms with E-state index in [-0.39, 0.29) is 42.1 Å². The van der Waals surface area contributed by atoms with E-state index in [0.717, 1.165) is 5.56 Å². The normalized spacial score (nSPS) is 11.5. The van der Waals surface area contributed by atoms with E-state index < -0.39 is 12.8 Å². The molecule has 27 heavy (non-hydrogen) atoms. The third kappa shape index (κ3) is 8.46. The molecule has 0 spiro atoms. The average Bonchev–Trinajstić information content (AvgIpc) is 2.62. The predicted molar refractivity (Wildman–Crippen MR) is 107 cm³/mol. The van der Waals surface area contributed by atoms with Crippen molar-refractivity contribution in [3.63, 3.8) is 0 Å². The second kappa shape index (κ2) is 11.0. The molecule has 0 bridgehead atoms. The number of nitrogens with one attached hydrogen (secondary N) is 2.